The van der Waals surface area contributed by atoms with Crippen LogP contribution in [-0.4, -0.2) is 8.42 Å². The Morgan fingerprint density at radius 2 is 1.50 bits per heavy atom. The summed E-state index contributed by atoms with van der Waals surface area (Å²) < 4.78 is 16.6. The van der Waals surface area contributed by atoms with Gasteiger partial charge in [-0.15, -0.1) is 0 Å². The van der Waals surface area contributed by atoms with Gasteiger partial charge in [-0.1, -0.05) is 64.1 Å². The molecule has 0 heterocycles. The first-order valence-electron chi connectivity index (χ1n) is 7.20. The Labute approximate surface area is 125 Å². The SMILES string of the molecule is C[C@@H]1[C@H](C)[C@@H](C)CC=C(c2ccccc2)[C@@H]1C.O=S=O. The van der Waals surface area contributed by atoms with Crippen LogP contribution in [0.4, 0.5) is 0 Å². The van der Waals surface area contributed by atoms with Crippen LogP contribution in [0.15, 0.2) is 36.4 Å². The lowest BCUT2D eigenvalue weighted by Gasteiger charge is -2.28. The third-order valence-corrected chi connectivity index (χ3v) is 4.82. The fourth-order valence-corrected chi connectivity index (χ4v) is 2.98. The largest absolute Gasteiger partial charge is 0.335 e. The topological polar surface area (TPSA) is 34.1 Å². The fraction of sp³-hybridized carbons (Fsp3) is 0.529. The standard InChI is InChI=1S/C17H24.O2S/c1-12-10-11-17(15(4)14(3)13(12)2)16-8-6-5-7-9-16;1-3-2/h5-9,11-15H,10H2,1-4H3;/t12-,13+,14+,15+;/m0./s1. The molecule has 0 saturated heterocycles. The van der Waals surface area contributed by atoms with Crippen molar-refractivity contribution in [3.63, 3.8) is 0 Å². The third-order valence-electron chi connectivity index (χ3n) is 4.82. The van der Waals surface area contributed by atoms with Crippen LogP contribution in [0, 0.1) is 23.7 Å². The lowest BCUT2D eigenvalue weighted by atomic mass is 9.77. The van der Waals surface area contributed by atoms with Crippen LogP contribution >= 0.6 is 0 Å². The molecule has 110 valence electrons. The van der Waals surface area contributed by atoms with Crippen molar-refractivity contribution in [3.05, 3.63) is 42.0 Å². The molecule has 0 bridgehead atoms. The van der Waals surface area contributed by atoms with E-state index in [9.17, 15) is 0 Å². The van der Waals surface area contributed by atoms with Crippen LogP contribution in [0.2, 0.25) is 0 Å². The van der Waals surface area contributed by atoms with Crippen molar-refractivity contribution in [3.8, 4) is 0 Å². The molecule has 1 aromatic rings. The lowest BCUT2D eigenvalue weighted by molar-refractivity contribution is 0.252. The number of hydrogen-bond donors (Lipinski definition) is 0. The Hall–Kier alpha value is -1.22. The minimum Gasteiger partial charge on any atom is -0.168 e. The van der Waals surface area contributed by atoms with E-state index < -0.39 is 11.6 Å². The number of benzene rings is 1. The Kier molecular flexibility index (Phi) is 6.86. The van der Waals surface area contributed by atoms with Gasteiger partial charge in [-0.05, 0) is 41.2 Å². The van der Waals surface area contributed by atoms with Crippen LogP contribution in [0.3, 0.4) is 0 Å². The first-order chi connectivity index (χ1) is 9.52. The summed E-state index contributed by atoms with van der Waals surface area (Å²) in [4.78, 5) is 0. The summed E-state index contributed by atoms with van der Waals surface area (Å²) in [5, 5.41) is 0. The van der Waals surface area contributed by atoms with Crippen molar-refractivity contribution < 1.29 is 8.42 Å². The highest BCUT2D eigenvalue weighted by Gasteiger charge is 2.28. The lowest BCUT2D eigenvalue weighted by Crippen LogP contribution is -2.20. The number of allylic oxidation sites excluding steroid dienone is 2. The van der Waals surface area contributed by atoms with E-state index in [1.165, 1.54) is 12.0 Å². The Bertz CT molecular complexity index is 475. The molecule has 0 radical (unpaired) electrons. The molecule has 0 spiro atoms. The maximum atomic E-state index is 8.29. The summed E-state index contributed by atoms with van der Waals surface area (Å²) >= 11 is -0.750. The van der Waals surface area contributed by atoms with Gasteiger partial charge >= 0.3 is 11.6 Å². The fourth-order valence-electron chi connectivity index (χ4n) is 2.98. The van der Waals surface area contributed by atoms with Gasteiger partial charge in [0.25, 0.3) is 0 Å². The molecule has 0 aromatic heterocycles. The summed E-state index contributed by atoms with van der Waals surface area (Å²) in [7, 11) is 0. The molecular formula is C17H24O2S. The quantitative estimate of drug-likeness (QED) is 0.771. The molecule has 2 nitrogen and oxygen atoms in total. The van der Waals surface area contributed by atoms with Gasteiger partial charge in [0.1, 0.15) is 0 Å². The van der Waals surface area contributed by atoms with Gasteiger partial charge in [0.05, 0.1) is 0 Å². The highest BCUT2D eigenvalue weighted by atomic mass is 32.1. The average molecular weight is 292 g/mol. The van der Waals surface area contributed by atoms with Gasteiger partial charge in [-0.3, -0.25) is 0 Å². The summed E-state index contributed by atoms with van der Waals surface area (Å²) in [6, 6.07) is 10.9. The van der Waals surface area contributed by atoms with Crippen molar-refractivity contribution in [2.75, 3.05) is 0 Å². The van der Waals surface area contributed by atoms with E-state index in [0.717, 1.165) is 17.8 Å². The van der Waals surface area contributed by atoms with Gasteiger partial charge in [0, 0.05) is 0 Å². The maximum Gasteiger partial charge on any atom is 0.335 e. The highest BCUT2D eigenvalue weighted by molar-refractivity contribution is 7.51. The smallest absolute Gasteiger partial charge is 0.168 e. The summed E-state index contributed by atoms with van der Waals surface area (Å²) in [6.45, 7) is 9.60. The van der Waals surface area contributed by atoms with Crippen molar-refractivity contribution in [2.24, 2.45) is 23.7 Å². The Balaban J connectivity index is 0.000000612. The molecular weight excluding hydrogens is 268 g/mol. The molecule has 0 fully saturated rings. The molecule has 1 aliphatic rings. The summed E-state index contributed by atoms with van der Waals surface area (Å²) in [6.07, 6.45) is 3.70. The van der Waals surface area contributed by atoms with Gasteiger partial charge in [0.2, 0.25) is 0 Å². The first-order valence-corrected chi connectivity index (χ1v) is 7.86. The normalized spacial score (nSPS) is 29.5. The maximum absolute atomic E-state index is 8.29. The summed E-state index contributed by atoms with van der Waals surface area (Å²) in [5.74, 6) is 3.03. The number of rotatable bonds is 1. The van der Waals surface area contributed by atoms with Crippen LogP contribution in [0.25, 0.3) is 5.57 Å². The second kappa shape index (κ2) is 8.15. The zero-order chi connectivity index (χ0) is 15.1. The monoisotopic (exact) mass is 292 g/mol. The van der Waals surface area contributed by atoms with E-state index in [0.29, 0.717) is 5.92 Å². The molecule has 4 atom stereocenters. The molecule has 0 amide bonds. The average Bonchev–Trinajstić information content (AvgIpc) is 2.55. The van der Waals surface area contributed by atoms with E-state index in [2.05, 4.69) is 64.1 Å². The molecule has 20 heavy (non-hydrogen) atoms. The van der Waals surface area contributed by atoms with Gasteiger partial charge in [0.15, 0.2) is 0 Å². The van der Waals surface area contributed by atoms with Gasteiger partial charge < -0.3 is 0 Å². The van der Waals surface area contributed by atoms with Crippen molar-refractivity contribution >= 4 is 17.1 Å². The van der Waals surface area contributed by atoms with E-state index in [1.807, 2.05) is 0 Å². The predicted molar refractivity (Wildman–Crippen MR) is 84.6 cm³/mol. The van der Waals surface area contributed by atoms with E-state index in [-0.39, 0.29) is 0 Å². The van der Waals surface area contributed by atoms with E-state index in [4.69, 9.17) is 8.42 Å². The van der Waals surface area contributed by atoms with Gasteiger partial charge in [-0.25, -0.2) is 0 Å². The zero-order valence-corrected chi connectivity index (χ0v) is 13.5. The zero-order valence-electron chi connectivity index (χ0n) is 12.7. The van der Waals surface area contributed by atoms with Crippen LogP contribution in [0.5, 0.6) is 0 Å². The minimum atomic E-state index is -0.750. The third kappa shape index (κ3) is 4.14. The molecule has 1 aromatic carbocycles. The molecule has 3 heteroatoms. The molecule has 0 N–H and O–H groups in total. The summed E-state index contributed by atoms with van der Waals surface area (Å²) in [5.41, 5.74) is 2.96. The van der Waals surface area contributed by atoms with E-state index in [1.54, 1.807) is 5.57 Å². The molecule has 1 aliphatic carbocycles. The molecule has 0 saturated carbocycles. The second-order valence-corrected chi connectivity index (χ2v) is 5.95. The van der Waals surface area contributed by atoms with Crippen molar-refractivity contribution in [2.45, 2.75) is 34.1 Å². The van der Waals surface area contributed by atoms with Crippen molar-refractivity contribution in [1.82, 2.24) is 0 Å². The predicted octanol–water partition coefficient (Wildman–Crippen LogP) is 4.35. The van der Waals surface area contributed by atoms with Crippen LogP contribution in [0.1, 0.15) is 39.7 Å². The van der Waals surface area contributed by atoms with Crippen LogP contribution < -0.4 is 0 Å². The van der Waals surface area contributed by atoms with Crippen molar-refractivity contribution in [1.29, 1.82) is 0 Å². The Morgan fingerprint density at radius 3 is 2.05 bits per heavy atom. The molecule has 0 unspecified atom stereocenters. The molecule has 2 rings (SSSR count). The molecule has 0 aliphatic heterocycles. The Morgan fingerprint density at radius 1 is 0.950 bits per heavy atom. The first kappa shape index (κ1) is 16.8. The second-order valence-electron chi connectivity index (χ2n) is 5.81. The minimum absolute atomic E-state index is 0.664. The number of hydrogen-bond acceptors (Lipinski definition) is 2. The van der Waals surface area contributed by atoms with E-state index >= 15 is 0 Å². The van der Waals surface area contributed by atoms with Crippen LogP contribution in [-0.2, 0) is 11.6 Å². The highest BCUT2D eigenvalue weighted by Crippen LogP contribution is 2.40. The van der Waals surface area contributed by atoms with Gasteiger partial charge in [-0.2, -0.15) is 8.42 Å².